The number of hydrogen-bond donors (Lipinski definition) is 1. The molecule has 0 radical (unpaired) electrons. The highest BCUT2D eigenvalue weighted by molar-refractivity contribution is 8.00. The zero-order chi connectivity index (χ0) is 9.10. The zero-order valence-electron chi connectivity index (χ0n) is 7.60. The summed E-state index contributed by atoms with van der Waals surface area (Å²) in [4.78, 5) is 7.94. The van der Waals surface area contributed by atoms with E-state index in [4.69, 9.17) is 0 Å². The molecular weight excluding hydrogens is 182 g/mol. The van der Waals surface area contributed by atoms with Crippen molar-refractivity contribution in [3.8, 4) is 0 Å². The molecule has 1 fully saturated rings. The minimum atomic E-state index is 0.580. The van der Waals surface area contributed by atoms with E-state index in [0.717, 1.165) is 5.69 Å². The molecule has 0 aliphatic carbocycles. The van der Waals surface area contributed by atoms with Gasteiger partial charge in [0, 0.05) is 11.3 Å². The second-order valence-electron chi connectivity index (χ2n) is 3.24. The fraction of sp³-hybridized carbons (Fsp3) is 0.556. The average Bonchev–Trinajstić information content (AvgIpc) is 2.54. The lowest BCUT2D eigenvalue weighted by atomic mass is 10.2. The van der Waals surface area contributed by atoms with Crippen LogP contribution in [0.25, 0.3) is 0 Å². The third kappa shape index (κ3) is 2.12. The summed E-state index contributed by atoms with van der Waals surface area (Å²) in [6, 6.07) is 0.580. The first-order valence-electron chi connectivity index (χ1n) is 4.49. The van der Waals surface area contributed by atoms with Crippen molar-refractivity contribution in [3.05, 3.63) is 18.7 Å². The van der Waals surface area contributed by atoms with Crippen molar-refractivity contribution >= 4 is 17.4 Å². The Labute approximate surface area is 82.4 Å². The van der Waals surface area contributed by atoms with E-state index in [0.29, 0.717) is 11.3 Å². The summed E-state index contributed by atoms with van der Waals surface area (Å²) >= 11 is 2.02. The lowest BCUT2D eigenvalue weighted by Gasteiger charge is -2.16. The predicted octanol–water partition coefficient (Wildman–Crippen LogP) is 1.78. The second kappa shape index (κ2) is 3.96. The van der Waals surface area contributed by atoms with Crippen LogP contribution >= 0.6 is 11.8 Å². The summed E-state index contributed by atoms with van der Waals surface area (Å²) in [6.07, 6.45) is 6.43. The molecule has 0 bridgehead atoms. The predicted molar refractivity (Wildman–Crippen MR) is 56.0 cm³/mol. The topological polar surface area (TPSA) is 37.8 Å². The van der Waals surface area contributed by atoms with E-state index in [1.807, 2.05) is 24.2 Å². The van der Waals surface area contributed by atoms with E-state index in [2.05, 4.69) is 22.2 Å². The van der Waals surface area contributed by atoms with E-state index in [9.17, 15) is 0 Å². The highest BCUT2D eigenvalue weighted by Gasteiger charge is 2.23. The Morgan fingerprint density at radius 2 is 2.23 bits per heavy atom. The molecule has 1 N–H and O–H groups in total. The van der Waals surface area contributed by atoms with Crippen LogP contribution in [0.1, 0.15) is 13.3 Å². The van der Waals surface area contributed by atoms with Gasteiger partial charge in [0.2, 0.25) is 0 Å². The quantitative estimate of drug-likeness (QED) is 0.780. The summed E-state index contributed by atoms with van der Waals surface area (Å²) in [5, 5.41) is 4.14. The molecule has 2 rings (SSSR count). The SMILES string of the molecule is CC1SCCC1Nc1cncnc1. The van der Waals surface area contributed by atoms with Gasteiger partial charge in [-0.2, -0.15) is 11.8 Å². The fourth-order valence-corrected chi connectivity index (χ4v) is 2.71. The van der Waals surface area contributed by atoms with E-state index >= 15 is 0 Å². The third-order valence-electron chi connectivity index (χ3n) is 2.29. The molecule has 2 unspecified atom stereocenters. The Kier molecular flexibility index (Phi) is 2.68. The molecule has 4 heteroatoms. The maximum atomic E-state index is 3.97. The van der Waals surface area contributed by atoms with Crippen LogP contribution in [0.5, 0.6) is 0 Å². The van der Waals surface area contributed by atoms with Gasteiger partial charge in [-0.3, -0.25) is 0 Å². The van der Waals surface area contributed by atoms with Crippen molar-refractivity contribution in [2.45, 2.75) is 24.6 Å². The Bertz CT molecular complexity index is 265. The van der Waals surface area contributed by atoms with Gasteiger partial charge in [0.15, 0.2) is 0 Å². The van der Waals surface area contributed by atoms with Gasteiger partial charge in [-0.25, -0.2) is 9.97 Å². The second-order valence-corrected chi connectivity index (χ2v) is 4.73. The van der Waals surface area contributed by atoms with E-state index < -0.39 is 0 Å². The molecule has 0 aromatic carbocycles. The van der Waals surface area contributed by atoms with Gasteiger partial charge in [0.25, 0.3) is 0 Å². The minimum absolute atomic E-state index is 0.580. The molecule has 1 aliphatic rings. The van der Waals surface area contributed by atoms with Crippen LogP contribution in [0, 0.1) is 0 Å². The molecule has 0 spiro atoms. The lowest BCUT2D eigenvalue weighted by molar-refractivity contribution is 0.723. The Morgan fingerprint density at radius 3 is 2.85 bits per heavy atom. The Morgan fingerprint density at radius 1 is 1.46 bits per heavy atom. The van der Waals surface area contributed by atoms with Crippen molar-refractivity contribution in [1.29, 1.82) is 0 Å². The van der Waals surface area contributed by atoms with Crippen molar-refractivity contribution in [2.24, 2.45) is 0 Å². The molecule has 3 nitrogen and oxygen atoms in total. The van der Waals surface area contributed by atoms with Crippen molar-refractivity contribution in [1.82, 2.24) is 9.97 Å². The van der Waals surface area contributed by atoms with Crippen LogP contribution < -0.4 is 5.32 Å². The molecule has 70 valence electrons. The van der Waals surface area contributed by atoms with Gasteiger partial charge in [0.05, 0.1) is 18.1 Å². The van der Waals surface area contributed by atoms with E-state index in [-0.39, 0.29) is 0 Å². The zero-order valence-corrected chi connectivity index (χ0v) is 8.42. The van der Waals surface area contributed by atoms with Gasteiger partial charge in [-0.1, -0.05) is 6.92 Å². The fourth-order valence-electron chi connectivity index (χ4n) is 1.51. The van der Waals surface area contributed by atoms with Gasteiger partial charge < -0.3 is 5.32 Å². The molecule has 1 aromatic heterocycles. The van der Waals surface area contributed by atoms with Crippen molar-refractivity contribution < 1.29 is 0 Å². The Hall–Kier alpha value is -0.770. The number of rotatable bonds is 2. The first-order valence-corrected chi connectivity index (χ1v) is 5.54. The van der Waals surface area contributed by atoms with Gasteiger partial charge in [-0.05, 0) is 12.2 Å². The minimum Gasteiger partial charge on any atom is -0.379 e. The number of hydrogen-bond acceptors (Lipinski definition) is 4. The molecule has 1 aromatic rings. The van der Waals surface area contributed by atoms with Crippen LogP contribution in [0.3, 0.4) is 0 Å². The lowest BCUT2D eigenvalue weighted by Crippen LogP contribution is -2.24. The van der Waals surface area contributed by atoms with Crippen LogP contribution in [0.2, 0.25) is 0 Å². The van der Waals surface area contributed by atoms with E-state index in [1.165, 1.54) is 12.2 Å². The number of nitrogens with zero attached hydrogens (tertiary/aromatic N) is 2. The summed E-state index contributed by atoms with van der Waals surface area (Å²) in [6.45, 7) is 2.26. The van der Waals surface area contributed by atoms with Crippen LogP contribution in [0.15, 0.2) is 18.7 Å². The molecule has 2 heterocycles. The van der Waals surface area contributed by atoms with Gasteiger partial charge >= 0.3 is 0 Å². The summed E-state index contributed by atoms with van der Waals surface area (Å²) in [5.41, 5.74) is 1.03. The standard InChI is InChI=1S/C9H13N3S/c1-7-9(2-3-13-7)12-8-4-10-6-11-5-8/h4-7,9,12H,2-3H2,1H3. The Balaban J connectivity index is 1.98. The number of anilines is 1. The molecule has 2 atom stereocenters. The summed E-state index contributed by atoms with van der Waals surface area (Å²) in [7, 11) is 0. The summed E-state index contributed by atoms with van der Waals surface area (Å²) < 4.78 is 0. The maximum absolute atomic E-state index is 3.97. The van der Waals surface area contributed by atoms with Crippen molar-refractivity contribution in [3.63, 3.8) is 0 Å². The van der Waals surface area contributed by atoms with Crippen molar-refractivity contribution in [2.75, 3.05) is 11.1 Å². The smallest absolute Gasteiger partial charge is 0.115 e. The van der Waals surface area contributed by atoms with Gasteiger partial charge in [-0.15, -0.1) is 0 Å². The first kappa shape index (κ1) is 8.81. The molecule has 0 amide bonds. The van der Waals surface area contributed by atoms with E-state index in [1.54, 1.807) is 6.33 Å². The van der Waals surface area contributed by atoms with Crippen LogP contribution in [0.4, 0.5) is 5.69 Å². The monoisotopic (exact) mass is 195 g/mol. The van der Waals surface area contributed by atoms with Crippen LogP contribution in [-0.4, -0.2) is 27.0 Å². The largest absolute Gasteiger partial charge is 0.379 e. The molecule has 0 saturated carbocycles. The maximum Gasteiger partial charge on any atom is 0.115 e. The average molecular weight is 195 g/mol. The molecule has 1 aliphatic heterocycles. The normalized spacial score (nSPS) is 27.5. The molecule has 1 saturated heterocycles. The molecule has 13 heavy (non-hydrogen) atoms. The first-order chi connectivity index (χ1) is 6.36. The molecular formula is C9H13N3S. The van der Waals surface area contributed by atoms with Crippen LogP contribution in [-0.2, 0) is 0 Å². The summed E-state index contributed by atoms with van der Waals surface area (Å²) in [5.74, 6) is 1.26. The van der Waals surface area contributed by atoms with Gasteiger partial charge in [0.1, 0.15) is 6.33 Å². The highest BCUT2D eigenvalue weighted by atomic mass is 32.2. The number of thioether (sulfide) groups is 1. The number of aromatic nitrogens is 2. The highest BCUT2D eigenvalue weighted by Crippen LogP contribution is 2.28. The number of nitrogens with one attached hydrogen (secondary N) is 1. The third-order valence-corrected chi connectivity index (χ3v) is 3.61.